The first-order chi connectivity index (χ1) is 8.81. The molecule has 3 rings (SSSR count). The van der Waals surface area contributed by atoms with Crippen molar-refractivity contribution >= 4 is 11.0 Å². The van der Waals surface area contributed by atoms with Crippen LogP contribution in [-0.2, 0) is 6.61 Å². The molecule has 90 valence electrons. The monoisotopic (exact) mass is 243 g/mol. The van der Waals surface area contributed by atoms with Gasteiger partial charge in [-0.15, -0.1) is 0 Å². The molecule has 0 saturated heterocycles. The molecule has 1 aromatic carbocycles. The van der Waals surface area contributed by atoms with E-state index in [4.69, 9.17) is 9.15 Å². The zero-order valence-corrected chi connectivity index (χ0v) is 9.11. The van der Waals surface area contributed by atoms with Gasteiger partial charge in [0.1, 0.15) is 17.9 Å². The van der Waals surface area contributed by atoms with Gasteiger partial charge >= 0.3 is 5.63 Å². The lowest BCUT2D eigenvalue weighted by molar-refractivity contribution is 0.295. The van der Waals surface area contributed by atoms with Gasteiger partial charge in [0.25, 0.3) is 0 Å². The number of ether oxygens (including phenoxy) is 1. The van der Waals surface area contributed by atoms with Crippen molar-refractivity contribution < 1.29 is 9.15 Å². The van der Waals surface area contributed by atoms with Gasteiger partial charge in [0.15, 0.2) is 0 Å². The predicted molar refractivity (Wildman–Crippen MR) is 60.0 cm³/mol. The molecule has 0 aliphatic heterocycles. The summed E-state index contributed by atoms with van der Waals surface area (Å²) < 4.78 is 10.5. The lowest BCUT2D eigenvalue weighted by Crippen LogP contribution is -1.99. The smallest absolute Gasteiger partial charge is 0.336 e. The van der Waals surface area contributed by atoms with Crippen LogP contribution in [0.4, 0.5) is 0 Å². The van der Waals surface area contributed by atoms with Gasteiger partial charge in [0.2, 0.25) is 0 Å². The molecule has 0 atom stereocenters. The molecular weight excluding hydrogens is 236 g/mol. The summed E-state index contributed by atoms with van der Waals surface area (Å²) >= 11 is 0. The van der Waals surface area contributed by atoms with E-state index in [0.717, 1.165) is 5.39 Å². The fourth-order valence-corrected chi connectivity index (χ4v) is 1.50. The molecule has 0 unspecified atom stereocenters. The van der Waals surface area contributed by atoms with Crippen LogP contribution >= 0.6 is 0 Å². The number of rotatable bonds is 3. The van der Waals surface area contributed by atoms with Gasteiger partial charge in [0.05, 0.1) is 0 Å². The Morgan fingerprint density at radius 2 is 2.17 bits per heavy atom. The number of aromatic nitrogens is 4. The number of fused-ring (bicyclic) bond motifs is 1. The molecule has 0 spiro atoms. The summed E-state index contributed by atoms with van der Waals surface area (Å²) in [4.78, 5) is 11.1. The van der Waals surface area contributed by atoms with Crippen LogP contribution in [0.2, 0.25) is 0 Å². The van der Waals surface area contributed by atoms with Crippen molar-refractivity contribution in [1.29, 1.82) is 0 Å². The number of nitrogens with zero attached hydrogens (tertiary/aromatic N) is 4. The Balaban J connectivity index is 1.86. The van der Waals surface area contributed by atoms with E-state index in [1.165, 1.54) is 6.07 Å². The third kappa shape index (κ3) is 2.05. The third-order valence-electron chi connectivity index (χ3n) is 2.32. The van der Waals surface area contributed by atoms with Gasteiger partial charge in [-0.3, -0.25) is 10.3 Å². The molecule has 18 heavy (non-hydrogen) atoms. The molecule has 3 aromatic rings. The summed E-state index contributed by atoms with van der Waals surface area (Å²) in [6.07, 6.45) is 0. The quantitative estimate of drug-likeness (QED) is 0.619. The van der Waals surface area contributed by atoms with Crippen LogP contribution in [0, 0.1) is 0 Å². The first-order valence-electron chi connectivity index (χ1n) is 5.15. The number of hydrogen-bond donors (Lipinski definition) is 0. The Hall–Kier alpha value is -2.70. The van der Waals surface area contributed by atoms with Crippen LogP contribution in [0.25, 0.3) is 11.0 Å². The molecule has 0 radical (unpaired) electrons. The maximum Gasteiger partial charge on any atom is 0.336 e. The summed E-state index contributed by atoms with van der Waals surface area (Å²) in [6.45, 7) is 0.162. The number of tetrazole rings is 1. The molecule has 2 heterocycles. The van der Waals surface area contributed by atoms with Crippen LogP contribution in [0.15, 0.2) is 39.5 Å². The first kappa shape index (κ1) is 10.5. The van der Waals surface area contributed by atoms with E-state index < -0.39 is 5.63 Å². The molecule has 0 fully saturated rings. The second-order valence-corrected chi connectivity index (χ2v) is 3.54. The summed E-state index contributed by atoms with van der Waals surface area (Å²) in [5.41, 5.74) is 0.0760. The van der Waals surface area contributed by atoms with Gasteiger partial charge in [-0.2, -0.15) is 5.21 Å². The van der Waals surface area contributed by atoms with E-state index in [9.17, 15) is 4.79 Å². The van der Waals surface area contributed by atoms with Gasteiger partial charge in [-0.1, -0.05) is 0 Å². The molecule has 0 saturated carbocycles. The highest BCUT2D eigenvalue weighted by atomic mass is 16.5. The number of hydrogen-bond acceptors (Lipinski definition) is 6. The van der Waals surface area contributed by atoms with Crippen LogP contribution in [0.5, 0.6) is 5.75 Å². The Morgan fingerprint density at radius 1 is 1.28 bits per heavy atom. The molecule has 0 aliphatic rings. The molecule has 0 N–H and O–H groups in total. The third-order valence-corrected chi connectivity index (χ3v) is 2.32. The van der Waals surface area contributed by atoms with Crippen LogP contribution < -0.4 is 15.5 Å². The van der Waals surface area contributed by atoms with E-state index >= 15 is 0 Å². The first-order valence-corrected chi connectivity index (χ1v) is 5.15. The topological polar surface area (TPSA) is 92.2 Å². The lowest BCUT2D eigenvalue weighted by atomic mass is 10.2. The molecule has 0 bridgehead atoms. The second kappa shape index (κ2) is 4.28. The van der Waals surface area contributed by atoms with Crippen molar-refractivity contribution in [3.05, 3.63) is 46.6 Å². The highest BCUT2D eigenvalue weighted by molar-refractivity contribution is 5.77. The van der Waals surface area contributed by atoms with Crippen molar-refractivity contribution in [1.82, 2.24) is 20.6 Å². The van der Waals surface area contributed by atoms with Gasteiger partial charge < -0.3 is 14.3 Å². The van der Waals surface area contributed by atoms with Crippen molar-refractivity contribution in [3.63, 3.8) is 0 Å². The van der Waals surface area contributed by atoms with Gasteiger partial charge in [-0.05, 0) is 18.2 Å². The fraction of sp³-hybridized carbons (Fsp3) is 0.0909. The van der Waals surface area contributed by atoms with Crippen molar-refractivity contribution in [2.45, 2.75) is 6.61 Å². The summed E-state index contributed by atoms with van der Waals surface area (Å²) in [6, 6.07) is 8.28. The average molecular weight is 243 g/mol. The minimum absolute atomic E-state index is 0.162. The fourth-order valence-electron chi connectivity index (χ4n) is 1.50. The predicted octanol–water partition coefficient (Wildman–Crippen LogP) is 0.514. The molecule has 2 aromatic heterocycles. The normalized spacial score (nSPS) is 10.7. The van der Waals surface area contributed by atoms with Gasteiger partial charge in [0, 0.05) is 23.3 Å². The van der Waals surface area contributed by atoms with E-state index in [-0.39, 0.29) is 6.61 Å². The van der Waals surface area contributed by atoms with Crippen LogP contribution in [0.1, 0.15) is 5.82 Å². The minimum atomic E-state index is -0.396. The van der Waals surface area contributed by atoms with E-state index in [1.807, 2.05) is 0 Å². The molecule has 7 heteroatoms. The van der Waals surface area contributed by atoms with Crippen molar-refractivity contribution in [2.75, 3.05) is 0 Å². The van der Waals surface area contributed by atoms with E-state index in [0.29, 0.717) is 17.2 Å². The zero-order chi connectivity index (χ0) is 12.4. The van der Waals surface area contributed by atoms with Crippen LogP contribution in [0.3, 0.4) is 0 Å². The maximum atomic E-state index is 11.1. The highest BCUT2D eigenvalue weighted by Gasteiger charge is 2.00. The minimum Gasteiger partial charge on any atom is -0.488 e. The van der Waals surface area contributed by atoms with E-state index in [1.54, 1.807) is 24.3 Å². The Morgan fingerprint density at radius 3 is 3.00 bits per heavy atom. The second-order valence-electron chi connectivity index (χ2n) is 3.54. The summed E-state index contributed by atoms with van der Waals surface area (Å²) in [5.74, 6) is 0.950. The van der Waals surface area contributed by atoms with E-state index in [2.05, 4.69) is 20.6 Å². The standard InChI is InChI=1S/C11H7N4O3/c16-11-4-2-7-1-3-8(5-9(7)18-11)17-6-10-12-14-15-13-10/h1-5H,6H2/q-1. The molecule has 0 amide bonds. The molecule has 0 aliphatic carbocycles. The van der Waals surface area contributed by atoms with Crippen molar-refractivity contribution in [3.8, 4) is 5.75 Å². The summed E-state index contributed by atoms with van der Waals surface area (Å²) in [7, 11) is 0. The molecular formula is C11H7N4O3-. The Kier molecular flexibility index (Phi) is 2.49. The largest absolute Gasteiger partial charge is 0.488 e. The lowest BCUT2D eigenvalue weighted by Gasteiger charge is -2.06. The van der Waals surface area contributed by atoms with Gasteiger partial charge in [-0.25, -0.2) is 4.79 Å². The SMILES string of the molecule is O=c1ccc2ccc(OCc3nnn[n-]3)cc2o1. The average Bonchev–Trinajstić information content (AvgIpc) is 2.89. The van der Waals surface area contributed by atoms with Crippen LogP contribution in [-0.4, -0.2) is 15.5 Å². The number of benzene rings is 1. The zero-order valence-electron chi connectivity index (χ0n) is 9.11. The molecule has 7 nitrogen and oxygen atoms in total. The Bertz CT molecular complexity index is 720. The highest BCUT2D eigenvalue weighted by Crippen LogP contribution is 2.19. The maximum absolute atomic E-state index is 11.1. The van der Waals surface area contributed by atoms with Crippen molar-refractivity contribution in [2.24, 2.45) is 0 Å². The summed E-state index contributed by atoms with van der Waals surface area (Å²) in [5, 5.41) is 14.8. The Labute approximate surface area is 100 Å².